The lowest BCUT2D eigenvalue weighted by Gasteiger charge is -2.29. The molecule has 6 nitrogen and oxygen atoms in total. The van der Waals surface area contributed by atoms with Crippen LogP contribution in [0.25, 0.3) is 0 Å². The van der Waals surface area contributed by atoms with E-state index in [1.165, 1.54) is 0 Å². The minimum atomic E-state index is -4.34. The summed E-state index contributed by atoms with van der Waals surface area (Å²) in [5, 5.41) is 18.4. The first-order valence-electron chi connectivity index (χ1n) is 5.71. The van der Waals surface area contributed by atoms with Crippen LogP contribution in [0.2, 0.25) is 5.02 Å². The molecule has 0 aliphatic carbocycles. The van der Waals surface area contributed by atoms with E-state index in [9.17, 15) is 23.0 Å². The molecule has 0 aliphatic heterocycles. The van der Waals surface area contributed by atoms with Crippen LogP contribution >= 0.6 is 11.6 Å². The number of benzene rings is 1. The van der Waals surface area contributed by atoms with Gasteiger partial charge in [-0.25, -0.2) is 17.5 Å². The number of nitrogens with two attached hydrogens (primary N) is 1. The third-order valence-corrected chi connectivity index (χ3v) is 4.75. The van der Waals surface area contributed by atoms with Crippen molar-refractivity contribution in [3.63, 3.8) is 0 Å². The molecule has 114 valence electrons. The molecule has 0 saturated carbocycles. The van der Waals surface area contributed by atoms with E-state index in [0.717, 1.165) is 12.1 Å². The number of aliphatic hydroxyl groups excluding tert-OH is 2. The van der Waals surface area contributed by atoms with Crippen LogP contribution in [0.1, 0.15) is 13.3 Å². The third-order valence-electron chi connectivity index (χ3n) is 2.95. The number of sulfonamides is 1. The van der Waals surface area contributed by atoms with Crippen LogP contribution in [0.4, 0.5) is 10.1 Å². The highest BCUT2D eigenvalue weighted by Gasteiger charge is 2.34. The number of hydrogen-bond acceptors (Lipinski definition) is 5. The lowest BCUT2D eigenvalue weighted by atomic mass is 10.0. The van der Waals surface area contributed by atoms with Gasteiger partial charge in [0.25, 0.3) is 0 Å². The van der Waals surface area contributed by atoms with E-state index >= 15 is 0 Å². The zero-order valence-electron chi connectivity index (χ0n) is 10.7. The van der Waals surface area contributed by atoms with Crippen molar-refractivity contribution in [1.82, 2.24) is 4.72 Å². The second-order valence-electron chi connectivity index (χ2n) is 4.36. The Hall–Kier alpha value is -0.930. The van der Waals surface area contributed by atoms with E-state index in [1.54, 1.807) is 6.92 Å². The van der Waals surface area contributed by atoms with Crippen LogP contribution in [-0.4, -0.2) is 37.4 Å². The Morgan fingerprint density at radius 1 is 1.40 bits per heavy atom. The summed E-state index contributed by atoms with van der Waals surface area (Å²) in [6, 6.07) is 1.99. The molecule has 0 saturated heterocycles. The summed E-state index contributed by atoms with van der Waals surface area (Å²) in [6.07, 6.45) is 0.108. The number of halogens is 2. The van der Waals surface area contributed by atoms with Crippen LogP contribution < -0.4 is 10.5 Å². The van der Waals surface area contributed by atoms with Crippen LogP contribution in [0.3, 0.4) is 0 Å². The molecule has 0 atom stereocenters. The van der Waals surface area contributed by atoms with Crippen molar-refractivity contribution in [2.45, 2.75) is 23.8 Å². The molecule has 20 heavy (non-hydrogen) atoms. The maximum absolute atomic E-state index is 13.8. The number of rotatable bonds is 6. The zero-order valence-corrected chi connectivity index (χ0v) is 12.3. The Morgan fingerprint density at radius 3 is 2.40 bits per heavy atom. The number of aliphatic hydroxyl groups is 2. The summed E-state index contributed by atoms with van der Waals surface area (Å²) in [6.45, 7) is 0.283. The average Bonchev–Trinajstić information content (AvgIpc) is 2.40. The van der Waals surface area contributed by atoms with Gasteiger partial charge >= 0.3 is 0 Å². The SMILES string of the molecule is CCC(CO)(CO)NS(=O)(=O)c1cc(Cl)cc(N)c1F. The molecule has 1 aromatic carbocycles. The lowest BCUT2D eigenvalue weighted by molar-refractivity contribution is 0.105. The Labute approximate surface area is 121 Å². The summed E-state index contributed by atoms with van der Waals surface area (Å²) in [5.74, 6) is -1.14. The van der Waals surface area contributed by atoms with Crippen molar-refractivity contribution >= 4 is 27.3 Å². The summed E-state index contributed by atoms with van der Waals surface area (Å²) in [5.41, 5.74) is 3.44. The highest BCUT2D eigenvalue weighted by Crippen LogP contribution is 2.26. The molecular formula is C11H16ClFN2O4S. The maximum Gasteiger partial charge on any atom is 0.244 e. The van der Waals surface area contributed by atoms with Crippen molar-refractivity contribution in [3.05, 3.63) is 23.0 Å². The van der Waals surface area contributed by atoms with Crippen LogP contribution in [-0.2, 0) is 10.0 Å². The van der Waals surface area contributed by atoms with Gasteiger partial charge in [0.05, 0.1) is 24.4 Å². The normalized spacial score (nSPS) is 12.7. The molecule has 0 amide bonds. The van der Waals surface area contributed by atoms with E-state index in [2.05, 4.69) is 4.72 Å². The second-order valence-corrected chi connectivity index (χ2v) is 6.45. The van der Waals surface area contributed by atoms with Gasteiger partial charge in [-0.1, -0.05) is 18.5 Å². The zero-order chi connectivity index (χ0) is 15.6. The van der Waals surface area contributed by atoms with Crippen molar-refractivity contribution in [2.24, 2.45) is 0 Å². The largest absolute Gasteiger partial charge is 0.396 e. The quantitative estimate of drug-likeness (QED) is 0.568. The molecule has 1 rings (SSSR count). The van der Waals surface area contributed by atoms with Gasteiger partial charge in [0.15, 0.2) is 5.82 Å². The van der Waals surface area contributed by atoms with Gasteiger partial charge in [-0.15, -0.1) is 0 Å². The third kappa shape index (κ3) is 3.39. The summed E-state index contributed by atoms with van der Waals surface area (Å²) >= 11 is 5.66. The first-order valence-corrected chi connectivity index (χ1v) is 7.57. The van der Waals surface area contributed by atoms with E-state index in [0.29, 0.717) is 0 Å². The fraction of sp³-hybridized carbons (Fsp3) is 0.455. The van der Waals surface area contributed by atoms with E-state index in [4.69, 9.17) is 17.3 Å². The predicted octanol–water partition coefficient (Wildman–Crippen LogP) is 0.473. The van der Waals surface area contributed by atoms with Gasteiger partial charge in [-0.2, -0.15) is 0 Å². The topological polar surface area (TPSA) is 113 Å². The predicted molar refractivity (Wildman–Crippen MR) is 73.3 cm³/mol. The second kappa shape index (κ2) is 6.23. The van der Waals surface area contributed by atoms with E-state index < -0.39 is 45.2 Å². The minimum Gasteiger partial charge on any atom is -0.396 e. The van der Waals surface area contributed by atoms with Crippen LogP contribution in [0.5, 0.6) is 0 Å². The molecule has 0 fully saturated rings. The monoisotopic (exact) mass is 326 g/mol. The van der Waals surface area contributed by atoms with Crippen molar-refractivity contribution in [3.8, 4) is 0 Å². The Balaban J connectivity index is 3.31. The molecule has 9 heteroatoms. The lowest BCUT2D eigenvalue weighted by Crippen LogP contribution is -2.53. The van der Waals surface area contributed by atoms with Gasteiger partial charge in [0.2, 0.25) is 10.0 Å². The van der Waals surface area contributed by atoms with Gasteiger partial charge in [0, 0.05) is 5.02 Å². The van der Waals surface area contributed by atoms with Gasteiger partial charge < -0.3 is 15.9 Å². The van der Waals surface area contributed by atoms with Crippen molar-refractivity contribution < 1.29 is 23.0 Å². The maximum atomic E-state index is 13.8. The van der Waals surface area contributed by atoms with E-state index in [1.807, 2.05) is 0 Å². The van der Waals surface area contributed by atoms with Crippen molar-refractivity contribution in [1.29, 1.82) is 0 Å². The summed E-state index contributed by atoms with van der Waals surface area (Å²) in [7, 11) is -4.34. The molecule has 0 radical (unpaired) electrons. The van der Waals surface area contributed by atoms with Crippen LogP contribution in [0, 0.1) is 5.82 Å². The number of hydrogen-bond donors (Lipinski definition) is 4. The molecule has 0 unspecified atom stereocenters. The van der Waals surface area contributed by atoms with Gasteiger partial charge in [0.1, 0.15) is 4.90 Å². The minimum absolute atomic E-state index is 0.0422. The molecule has 0 aromatic heterocycles. The molecule has 0 bridgehead atoms. The smallest absolute Gasteiger partial charge is 0.244 e. The number of nitrogen functional groups attached to an aromatic ring is 1. The Kier molecular flexibility index (Phi) is 5.33. The highest BCUT2D eigenvalue weighted by atomic mass is 35.5. The van der Waals surface area contributed by atoms with Gasteiger partial charge in [-0.05, 0) is 18.6 Å². The van der Waals surface area contributed by atoms with E-state index in [-0.39, 0.29) is 11.4 Å². The molecule has 0 spiro atoms. The Bertz CT molecular complexity index is 582. The first-order chi connectivity index (χ1) is 9.21. The van der Waals surface area contributed by atoms with Crippen molar-refractivity contribution in [2.75, 3.05) is 18.9 Å². The number of nitrogens with one attached hydrogen (secondary N) is 1. The molecule has 0 aliphatic rings. The molecule has 5 N–H and O–H groups in total. The Morgan fingerprint density at radius 2 is 1.95 bits per heavy atom. The standard InChI is InChI=1S/C11H16ClFN2O4S/c1-2-11(5-16,6-17)15-20(18,19)9-4-7(12)3-8(14)10(9)13/h3-4,15-17H,2,5-6,14H2,1H3. The average molecular weight is 327 g/mol. The fourth-order valence-electron chi connectivity index (χ4n) is 1.53. The molecule has 0 heterocycles. The number of anilines is 1. The fourth-order valence-corrected chi connectivity index (χ4v) is 3.41. The molecular weight excluding hydrogens is 311 g/mol. The summed E-state index contributed by atoms with van der Waals surface area (Å²) in [4.78, 5) is -0.734. The summed E-state index contributed by atoms with van der Waals surface area (Å²) < 4.78 is 40.2. The van der Waals surface area contributed by atoms with Crippen LogP contribution in [0.15, 0.2) is 17.0 Å². The first kappa shape index (κ1) is 17.1. The molecule has 1 aromatic rings. The van der Waals surface area contributed by atoms with Gasteiger partial charge in [-0.3, -0.25) is 0 Å². The highest BCUT2D eigenvalue weighted by molar-refractivity contribution is 7.89.